The highest BCUT2D eigenvalue weighted by atomic mass is 35.5. The van der Waals surface area contributed by atoms with Crippen molar-refractivity contribution in [2.75, 3.05) is 6.61 Å². The number of nitro groups is 1. The SMILES string of the molecule is Cn1c(O)c(N=NC(=O)COc2c(Cl)cc(Cl)cc2Cl)c2cc([N+](=O)[O-])ccc21. The average molecular weight is 458 g/mol. The van der Waals surface area contributed by atoms with Gasteiger partial charge in [-0.15, -0.1) is 10.2 Å². The molecule has 150 valence electrons. The number of rotatable bonds is 5. The number of halogens is 3. The number of azo groups is 1. The van der Waals surface area contributed by atoms with Gasteiger partial charge in [0.05, 0.1) is 20.5 Å². The van der Waals surface area contributed by atoms with E-state index in [4.69, 9.17) is 39.5 Å². The van der Waals surface area contributed by atoms with E-state index < -0.39 is 17.4 Å². The molecule has 1 N–H and O–H groups in total. The second-order valence-electron chi connectivity index (χ2n) is 5.77. The van der Waals surface area contributed by atoms with Gasteiger partial charge in [-0.1, -0.05) is 34.8 Å². The molecule has 0 atom stereocenters. The molecule has 29 heavy (non-hydrogen) atoms. The van der Waals surface area contributed by atoms with E-state index in [0.717, 1.165) is 0 Å². The van der Waals surface area contributed by atoms with Gasteiger partial charge in [0.15, 0.2) is 18.0 Å². The Hall–Kier alpha value is -2.88. The van der Waals surface area contributed by atoms with Crippen LogP contribution in [0.2, 0.25) is 15.1 Å². The van der Waals surface area contributed by atoms with Gasteiger partial charge in [-0.2, -0.15) is 0 Å². The summed E-state index contributed by atoms with van der Waals surface area (Å²) in [5, 5.41) is 29.2. The Morgan fingerprint density at radius 3 is 2.52 bits per heavy atom. The van der Waals surface area contributed by atoms with Crippen molar-refractivity contribution < 1.29 is 19.6 Å². The first kappa shape index (κ1) is 20.8. The summed E-state index contributed by atoms with van der Waals surface area (Å²) in [6, 6.07) is 6.79. The molecule has 0 unspecified atom stereocenters. The molecule has 0 fully saturated rings. The third kappa shape index (κ3) is 4.26. The van der Waals surface area contributed by atoms with Gasteiger partial charge >= 0.3 is 5.91 Å². The maximum Gasteiger partial charge on any atom is 0.302 e. The minimum absolute atomic E-state index is 0.0601. The Labute approximate surface area is 178 Å². The molecule has 0 aliphatic rings. The molecule has 0 aliphatic heterocycles. The van der Waals surface area contributed by atoms with Crippen LogP contribution in [0.1, 0.15) is 0 Å². The highest BCUT2D eigenvalue weighted by Crippen LogP contribution is 2.39. The fraction of sp³-hybridized carbons (Fsp3) is 0.118. The van der Waals surface area contributed by atoms with E-state index in [1.165, 1.54) is 41.9 Å². The molecule has 12 heteroatoms. The van der Waals surface area contributed by atoms with Crippen LogP contribution in [0.3, 0.4) is 0 Å². The number of benzene rings is 2. The van der Waals surface area contributed by atoms with Crippen LogP contribution in [-0.4, -0.2) is 27.1 Å². The second-order valence-corrected chi connectivity index (χ2v) is 7.02. The van der Waals surface area contributed by atoms with Crippen LogP contribution in [0.25, 0.3) is 10.9 Å². The van der Waals surface area contributed by atoms with Crippen molar-refractivity contribution in [3.05, 3.63) is 55.5 Å². The van der Waals surface area contributed by atoms with Crippen molar-refractivity contribution in [1.29, 1.82) is 0 Å². The third-order valence-electron chi connectivity index (χ3n) is 3.90. The second kappa shape index (κ2) is 8.24. The van der Waals surface area contributed by atoms with Crippen LogP contribution in [0.4, 0.5) is 11.4 Å². The predicted molar refractivity (Wildman–Crippen MR) is 108 cm³/mol. The Kier molecular flexibility index (Phi) is 5.92. The first-order valence-electron chi connectivity index (χ1n) is 7.86. The lowest BCUT2D eigenvalue weighted by Crippen LogP contribution is -2.08. The Balaban J connectivity index is 1.83. The topological polar surface area (TPSA) is 119 Å². The number of aryl methyl sites for hydroxylation is 1. The summed E-state index contributed by atoms with van der Waals surface area (Å²) in [4.78, 5) is 22.4. The number of carbonyl (C=O) groups is 1. The molecule has 1 heterocycles. The fourth-order valence-electron chi connectivity index (χ4n) is 2.55. The van der Waals surface area contributed by atoms with Crippen molar-refractivity contribution in [3.63, 3.8) is 0 Å². The number of aromatic hydroxyl groups is 1. The molecule has 0 saturated carbocycles. The first-order valence-corrected chi connectivity index (χ1v) is 9.00. The van der Waals surface area contributed by atoms with E-state index in [1.807, 2.05) is 0 Å². The monoisotopic (exact) mass is 456 g/mol. The molecule has 0 radical (unpaired) electrons. The van der Waals surface area contributed by atoms with Gasteiger partial charge in [0, 0.05) is 29.6 Å². The number of fused-ring (bicyclic) bond motifs is 1. The zero-order chi connectivity index (χ0) is 21.3. The lowest BCUT2D eigenvalue weighted by atomic mass is 10.2. The van der Waals surface area contributed by atoms with Crippen LogP contribution in [0, 0.1) is 10.1 Å². The molecule has 1 amide bonds. The van der Waals surface area contributed by atoms with Crippen molar-refractivity contribution in [2.45, 2.75) is 0 Å². The average Bonchev–Trinajstić information content (AvgIpc) is 2.89. The van der Waals surface area contributed by atoms with Crippen LogP contribution in [-0.2, 0) is 11.8 Å². The standard InChI is InChI=1S/C17H11Cl3N4O5/c1-23-13-3-2-9(24(27)28)6-10(13)15(17(23)26)22-21-14(25)7-29-16-11(19)4-8(18)5-12(16)20/h2-6,26H,7H2,1H3. The van der Waals surface area contributed by atoms with Crippen LogP contribution < -0.4 is 4.74 Å². The maximum atomic E-state index is 12.0. The molecular weight excluding hydrogens is 447 g/mol. The Morgan fingerprint density at radius 1 is 1.24 bits per heavy atom. The molecule has 1 aromatic heterocycles. The summed E-state index contributed by atoms with van der Waals surface area (Å²) < 4.78 is 6.63. The fourth-order valence-corrected chi connectivity index (χ4v) is 3.47. The van der Waals surface area contributed by atoms with Crippen LogP contribution in [0.5, 0.6) is 11.6 Å². The number of ether oxygens (including phenoxy) is 1. The molecule has 2 aromatic carbocycles. The van der Waals surface area contributed by atoms with E-state index in [9.17, 15) is 20.0 Å². The number of nitro benzene ring substituents is 1. The minimum Gasteiger partial charge on any atom is -0.493 e. The zero-order valence-corrected chi connectivity index (χ0v) is 16.9. The maximum absolute atomic E-state index is 12.0. The number of carbonyl (C=O) groups excluding carboxylic acids is 1. The molecule has 9 nitrogen and oxygen atoms in total. The van der Waals surface area contributed by atoms with Gasteiger partial charge in [-0.3, -0.25) is 14.9 Å². The summed E-state index contributed by atoms with van der Waals surface area (Å²) in [7, 11) is 1.54. The molecular formula is C17H11Cl3N4O5. The number of amides is 1. The van der Waals surface area contributed by atoms with Crippen molar-refractivity contribution in [2.24, 2.45) is 17.3 Å². The predicted octanol–water partition coefficient (Wildman–Crippen LogP) is 5.44. The van der Waals surface area contributed by atoms with Crippen molar-refractivity contribution in [3.8, 4) is 11.6 Å². The smallest absolute Gasteiger partial charge is 0.302 e. The number of hydrogen-bond donors (Lipinski definition) is 1. The molecule has 3 aromatic rings. The molecule has 3 rings (SSSR count). The van der Waals surface area contributed by atoms with Crippen molar-refractivity contribution in [1.82, 2.24) is 4.57 Å². The lowest BCUT2D eigenvalue weighted by molar-refractivity contribution is -0.384. The van der Waals surface area contributed by atoms with Gasteiger partial charge in [0.1, 0.15) is 0 Å². The van der Waals surface area contributed by atoms with E-state index in [2.05, 4.69) is 10.2 Å². The van der Waals surface area contributed by atoms with Crippen LogP contribution in [0.15, 0.2) is 40.6 Å². The minimum atomic E-state index is -0.797. The van der Waals surface area contributed by atoms with Gasteiger partial charge in [-0.25, -0.2) is 0 Å². The molecule has 0 saturated heterocycles. The summed E-state index contributed by atoms with van der Waals surface area (Å²) in [5.41, 5.74) is 0.203. The van der Waals surface area contributed by atoms with Gasteiger partial charge in [0.25, 0.3) is 5.69 Å². The van der Waals surface area contributed by atoms with E-state index >= 15 is 0 Å². The summed E-state index contributed by atoms with van der Waals surface area (Å²) in [6.07, 6.45) is 0. The highest BCUT2D eigenvalue weighted by Gasteiger charge is 2.18. The first-order chi connectivity index (χ1) is 13.7. The summed E-state index contributed by atoms with van der Waals surface area (Å²) in [5.74, 6) is -1.04. The number of non-ortho nitro benzene ring substituents is 1. The third-order valence-corrected chi connectivity index (χ3v) is 4.68. The van der Waals surface area contributed by atoms with Crippen molar-refractivity contribution >= 4 is 63.0 Å². The Bertz CT molecular complexity index is 1150. The normalized spacial score (nSPS) is 11.3. The van der Waals surface area contributed by atoms with Gasteiger partial charge in [-0.05, 0) is 18.2 Å². The van der Waals surface area contributed by atoms with E-state index in [-0.39, 0.29) is 38.4 Å². The Morgan fingerprint density at radius 2 is 1.90 bits per heavy atom. The summed E-state index contributed by atoms with van der Waals surface area (Å²) in [6.45, 7) is -0.531. The molecule has 0 bridgehead atoms. The summed E-state index contributed by atoms with van der Waals surface area (Å²) >= 11 is 17.7. The number of nitrogens with zero attached hydrogens (tertiary/aromatic N) is 4. The number of aromatic nitrogens is 1. The van der Waals surface area contributed by atoms with Gasteiger partial charge < -0.3 is 14.4 Å². The quantitative estimate of drug-likeness (QED) is 0.311. The molecule has 0 spiro atoms. The molecule has 0 aliphatic carbocycles. The highest BCUT2D eigenvalue weighted by molar-refractivity contribution is 6.40. The van der Waals surface area contributed by atoms with Gasteiger partial charge in [0.2, 0.25) is 5.88 Å². The lowest BCUT2D eigenvalue weighted by Gasteiger charge is -2.08. The van der Waals surface area contributed by atoms with E-state index in [0.29, 0.717) is 10.5 Å². The zero-order valence-electron chi connectivity index (χ0n) is 14.6. The number of hydrogen-bond acceptors (Lipinski definition) is 6. The largest absolute Gasteiger partial charge is 0.493 e. The van der Waals surface area contributed by atoms with Crippen LogP contribution >= 0.6 is 34.8 Å². The van der Waals surface area contributed by atoms with E-state index in [1.54, 1.807) is 0 Å².